The number of fused-ring (bicyclic) bond motifs is 3. The van der Waals surface area contributed by atoms with Gasteiger partial charge in [-0.25, -0.2) is 0 Å². The minimum Gasteiger partial charge on any atom is -0.194 e. The predicted molar refractivity (Wildman–Crippen MR) is 95.2 cm³/mol. The summed E-state index contributed by atoms with van der Waals surface area (Å²) in [5.41, 5.74) is -0.149. The van der Waals surface area contributed by atoms with E-state index in [1.807, 2.05) is 0 Å². The quantitative estimate of drug-likeness (QED) is 0.352. The molecule has 0 radical (unpaired) electrons. The molecule has 0 heterocycles. The van der Waals surface area contributed by atoms with Gasteiger partial charge in [-0.3, -0.25) is 0 Å². The standard InChI is InChI=1S/C20H19BrF4/c1-2-3-4-5-6-13-7-9-15-16-10-8-14(21)12-18(16)20(24,25)19(22,23)17(15)11-13/h7-12H,2-6H2,1H3. The molecule has 0 amide bonds. The molecule has 3 rings (SSSR count). The molecule has 2 aromatic carbocycles. The lowest BCUT2D eigenvalue weighted by Crippen LogP contribution is -2.39. The average molecular weight is 415 g/mol. The first-order valence-electron chi connectivity index (χ1n) is 8.48. The summed E-state index contributed by atoms with van der Waals surface area (Å²) in [4.78, 5) is 0. The van der Waals surface area contributed by atoms with E-state index in [1.54, 1.807) is 18.2 Å². The Kier molecular flexibility index (Phi) is 4.97. The zero-order valence-electron chi connectivity index (χ0n) is 13.9. The lowest BCUT2D eigenvalue weighted by Gasteiger charge is -2.35. The van der Waals surface area contributed by atoms with Gasteiger partial charge in [-0.2, -0.15) is 17.6 Å². The van der Waals surface area contributed by atoms with Crippen molar-refractivity contribution in [3.8, 4) is 11.1 Å². The summed E-state index contributed by atoms with van der Waals surface area (Å²) in [6.07, 6.45) is 4.68. The third kappa shape index (κ3) is 3.12. The molecule has 0 saturated heterocycles. The van der Waals surface area contributed by atoms with Gasteiger partial charge >= 0.3 is 11.8 Å². The van der Waals surface area contributed by atoms with Gasteiger partial charge in [-0.15, -0.1) is 0 Å². The number of alkyl halides is 4. The molecule has 0 fully saturated rings. The molecule has 0 spiro atoms. The first-order valence-corrected chi connectivity index (χ1v) is 9.27. The van der Waals surface area contributed by atoms with Gasteiger partial charge in [0.1, 0.15) is 0 Å². The largest absolute Gasteiger partial charge is 0.340 e. The zero-order valence-corrected chi connectivity index (χ0v) is 15.5. The number of benzene rings is 2. The van der Waals surface area contributed by atoms with Crippen LogP contribution in [0.2, 0.25) is 0 Å². The smallest absolute Gasteiger partial charge is 0.194 e. The maximum absolute atomic E-state index is 14.6. The van der Waals surface area contributed by atoms with E-state index in [0.717, 1.165) is 31.7 Å². The van der Waals surface area contributed by atoms with Crippen LogP contribution in [-0.2, 0) is 18.3 Å². The number of halogens is 5. The molecule has 0 bridgehead atoms. The van der Waals surface area contributed by atoms with Gasteiger partial charge in [0.2, 0.25) is 0 Å². The molecule has 0 aromatic heterocycles. The number of hydrogen-bond donors (Lipinski definition) is 0. The third-order valence-corrected chi connectivity index (χ3v) is 5.24. The lowest BCUT2D eigenvalue weighted by atomic mass is 9.79. The molecule has 25 heavy (non-hydrogen) atoms. The molecule has 0 N–H and O–H groups in total. The van der Waals surface area contributed by atoms with Crippen molar-refractivity contribution in [2.75, 3.05) is 0 Å². The zero-order chi connectivity index (χ0) is 18.2. The van der Waals surface area contributed by atoms with E-state index in [-0.39, 0.29) is 11.1 Å². The number of hydrogen-bond acceptors (Lipinski definition) is 0. The molecule has 0 unspecified atom stereocenters. The molecule has 2 aromatic rings. The van der Waals surface area contributed by atoms with Crippen LogP contribution in [0.4, 0.5) is 17.6 Å². The Morgan fingerprint density at radius 1 is 0.800 bits per heavy atom. The van der Waals surface area contributed by atoms with Gasteiger partial charge < -0.3 is 0 Å². The fourth-order valence-corrected chi connectivity index (χ4v) is 3.71. The van der Waals surface area contributed by atoms with E-state index in [0.29, 0.717) is 16.5 Å². The van der Waals surface area contributed by atoms with Gasteiger partial charge in [0.05, 0.1) is 0 Å². The number of aryl methyl sites for hydroxylation is 1. The van der Waals surface area contributed by atoms with Crippen molar-refractivity contribution in [3.63, 3.8) is 0 Å². The van der Waals surface area contributed by atoms with E-state index in [1.165, 1.54) is 12.1 Å². The SMILES string of the molecule is CCCCCCc1ccc2c(c1)C(F)(F)C(F)(F)c1cc(Br)ccc1-2. The summed E-state index contributed by atoms with van der Waals surface area (Å²) in [5, 5.41) is 0. The van der Waals surface area contributed by atoms with Crippen LogP contribution in [0.25, 0.3) is 11.1 Å². The highest BCUT2D eigenvalue weighted by Crippen LogP contribution is 2.58. The highest BCUT2D eigenvalue weighted by atomic mass is 79.9. The third-order valence-electron chi connectivity index (χ3n) is 4.75. The van der Waals surface area contributed by atoms with Gasteiger partial charge in [-0.05, 0) is 47.7 Å². The molecule has 1 aliphatic carbocycles. The van der Waals surface area contributed by atoms with Crippen LogP contribution in [0, 0.1) is 0 Å². The van der Waals surface area contributed by atoms with E-state index in [4.69, 9.17) is 0 Å². The van der Waals surface area contributed by atoms with Gasteiger partial charge in [0, 0.05) is 15.6 Å². The summed E-state index contributed by atoms with van der Waals surface area (Å²) >= 11 is 3.09. The molecular weight excluding hydrogens is 396 g/mol. The number of unbranched alkanes of at least 4 members (excludes halogenated alkanes) is 3. The fourth-order valence-electron chi connectivity index (χ4n) is 3.35. The summed E-state index contributed by atoms with van der Waals surface area (Å²) < 4.78 is 58.7. The highest BCUT2D eigenvalue weighted by Gasteiger charge is 2.62. The maximum Gasteiger partial charge on any atom is 0.340 e. The topological polar surface area (TPSA) is 0 Å². The molecule has 0 atom stereocenters. The van der Waals surface area contributed by atoms with Crippen LogP contribution in [-0.4, -0.2) is 0 Å². The van der Waals surface area contributed by atoms with Crippen molar-refractivity contribution in [2.45, 2.75) is 50.9 Å². The average Bonchev–Trinajstić information content (AvgIpc) is 2.57. The van der Waals surface area contributed by atoms with Gasteiger partial charge in [-0.1, -0.05) is 60.3 Å². The Morgan fingerprint density at radius 2 is 1.40 bits per heavy atom. The molecule has 134 valence electrons. The summed E-state index contributed by atoms with van der Waals surface area (Å²) in [7, 11) is 0. The van der Waals surface area contributed by atoms with Crippen LogP contribution < -0.4 is 0 Å². The Balaban J connectivity index is 2.05. The fraction of sp³-hybridized carbons (Fsp3) is 0.400. The van der Waals surface area contributed by atoms with Crippen molar-refractivity contribution in [1.82, 2.24) is 0 Å². The van der Waals surface area contributed by atoms with Crippen molar-refractivity contribution >= 4 is 15.9 Å². The second-order valence-corrected chi connectivity index (χ2v) is 7.44. The van der Waals surface area contributed by atoms with Gasteiger partial charge in [0.25, 0.3) is 0 Å². The van der Waals surface area contributed by atoms with Crippen LogP contribution in [0.5, 0.6) is 0 Å². The Hall–Kier alpha value is -1.36. The Morgan fingerprint density at radius 3 is 2.04 bits per heavy atom. The molecule has 0 saturated carbocycles. The summed E-state index contributed by atoms with van der Waals surface area (Å²) in [6, 6.07) is 8.75. The van der Waals surface area contributed by atoms with Crippen LogP contribution in [0.15, 0.2) is 40.9 Å². The Bertz CT molecular complexity index is 783. The predicted octanol–water partition coefficient (Wildman–Crippen LogP) is 7.44. The second-order valence-electron chi connectivity index (χ2n) is 6.53. The van der Waals surface area contributed by atoms with Crippen LogP contribution in [0.3, 0.4) is 0 Å². The van der Waals surface area contributed by atoms with Crippen molar-refractivity contribution in [2.24, 2.45) is 0 Å². The molecule has 0 nitrogen and oxygen atoms in total. The molecule has 5 heteroatoms. The normalized spacial score (nSPS) is 17.0. The van der Waals surface area contributed by atoms with Crippen molar-refractivity contribution < 1.29 is 17.6 Å². The first kappa shape index (κ1) is 18.4. The lowest BCUT2D eigenvalue weighted by molar-refractivity contribution is -0.225. The van der Waals surface area contributed by atoms with E-state index < -0.39 is 23.0 Å². The first-order chi connectivity index (χ1) is 11.8. The van der Waals surface area contributed by atoms with E-state index in [9.17, 15) is 17.6 Å². The summed E-state index contributed by atoms with van der Waals surface area (Å²) in [5.74, 6) is -8.46. The van der Waals surface area contributed by atoms with Crippen LogP contribution in [0.1, 0.15) is 49.3 Å². The van der Waals surface area contributed by atoms with Crippen molar-refractivity contribution in [1.29, 1.82) is 0 Å². The number of rotatable bonds is 5. The summed E-state index contributed by atoms with van der Waals surface area (Å²) in [6.45, 7) is 2.09. The van der Waals surface area contributed by atoms with E-state index >= 15 is 0 Å². The second kappa shape index (κ2) is 6.75. The maximum atomic E-state index is 14.6. The minimum atomic E-state index is -4.24. The minimum absolute atomic E-state index is 0.173. The van der Waals surface area contributed by atoms with Crippen molar-refractivity contribution in [3.05, 3.63) is 57.6 Å². The molecule has 0 aliphatic heterocycles. The molecule has 1 aliphatic rings. The van der Waals surface area contributed by atoms with Gasteiger partial charge in [0.15, 0.2) is 0 Å². The molecular formula is C20H19BrF4. The van der Waals surface area contributed by atoms with E-state index in [2.05, 4.69) is 22.9 Å². The Labute approximate surface area is 153 Å². The monoisotopic (exact) mass is 414 g/mol. The highest BCUT2D eigenvalue weighted by molar-refractivity contribution is 9.10. The van der Waals surface area contributed by atoms with Crippen LogP contribution >= 0.6 is 15.9 Å².